The molecule has 1 aromatic rings. The zero-order valence-corrected chi connectivity index (χ0v) is 10.2. The first-order valence-electron chi connectivity index (χ1n) is 6.43. The summed E-state index contributed by atoms with van der Waals surface area (Å²) >= 11 is 0. The van der Waals surface area contributed by atoms with Crippen molar-refractivity contribution in [3.63, 3.8) is 0 Å². The van der Waals surface area contributed by atoms with E-state index in [4.69, 9.17) is 0 Å². The molecule has 1 saturated carbocycles. The number of aliphatic hydroxyl groups is 1. The van der Waals surface area contributed by atoms with Crippen LogP contribution in [0.15, 0.2) is 23.3 Å². The largest absolute Gasteiger partial charge is 0.393 e. The van der Waals surface area contributed by atoms with Gasteiger partial charge in [-0.25, -0.2) is 9.78 Å². The Labute approximate surface area is 101 Å². The molecule has 1 N–H and O–H groups in total. The van der Waals surface area contributed by atoms with Crippen LogP contribution in [-0.2, 0) is 0 Å². The van der Waals surface area contributed by atoms with E-state index in [2.05, 4.69) is 11.9 Å². The van der Waals surface area contributed by atoms with Gasteiger partial charge >= 0.3 is 5.69 Å². The molecule has 0 radical (unpaired) electrons. The Morgan fingerprint density at radius 3 is 3.06 bits per heavy atom. The zero-order chi connectivity index (χ0) is 12.3. The fourth-order valence-electron chi connectivity index (χ4n) is 2.86. The average Bonchev–Trinajstić information content (AvgIpc) is 2.32. The lowest BCUT2D eigenvalue weighted by Gasteiger charge is -2.35. The minimum atomic E-state index is -0.278. The molecule has 1 fully saturated rings. The Morgan fingerprint density at radius 2 is 2.35 bits per heavy atom. The van der Waals surface area contributed by atoms with Gasteiger partial charge in [-0.05, 0) is 37.7 Å². The van der Waals surface area contributed by atoms with E-state index in [-0.39, 0.29) is 17.8 Å². The van der Waals surface area contributed by atoms with Gasteiger partial charge in [-0.3, -0.25) is 4.57 Å². The highest BCUT2D eigenvalue weighted by atomic mass is 16.3. The Kier molecular flexibility index (Phi) is 3.94. The van der Waals surface area contributed by atoms with Gasteiger partial charge in [0.1, 0.15) is 0 Å². The molecule has 0 saturated heterocycles. The van der Waals surface area contributed by atoms with Crippen molar-refractivity contribution >= 4 is 0 Å². The van der Waals surface area contributed by atoms with Crippen LogP contribution < -0.4 is 5.69 Å². The van der Waals surface area contributed by atoms with Gasteiger partial charge in [-0.15, -0.1) is 0 Å². The van der Waals surface area contributed by atoms with Crippen molar-refractivity contribution in [1.29, 1.82) is 0 Å². The molecule has 0 aromatic carbocycles. The first kappa shape index (κ1) is 12.3. The van der Waals surface area contributed by atoms with Crippen LogP contribution in [0.3, 0.4) is 0 Å². The summed E-state index contributed by atoms with van der Waals surface area (Å²) in [5, 5.41) is 9.78. The molecule has 0 amide bonds. The van der Waals surface area contributed by atoms with Crippen molar-refractivity contribution < 1.29 is 5.11 Å². The molecule has 1 aliphatic rings. The molecule has 17 heavy (non-hydrogen) atoms. The van der Waals surface area contributed by atoms with Crippen molar-refractivity contribution in [1.82, 2.24) is 9.55 Å². The number of hydrogen-bond donors (Lipinski definition) is 1. The van der Waals surface area contributed by atoms with Crippen molar-refractivity contribution in [3.05, 3.63) is 28.9 Å². The van der Waals surface area contributed by atoms with E-state index in [1.807, 2.05) is 0 Å². The lowest BCUT2D eigenvalue weighted by atomic mass is 9.80. The molecule has 0 spiro atoms. The number of rotatable bonds is 3. The van der Waals surface area contributed by atoms with Gasteiger partial charge in [-0.2, -0.15) is 0 Å². The van der Waals surface area contributed by atoms with E-state index >= 15 is 0 Å². The highest BCUT2D eigenvalue weighted by Crippen LogP contribution is 2.35. The minimum Gasteiger partial charge on any atom is -0.393 e. The Hall–Kier alpha value is -1.16. The van der Waals surface area contributed by atoms with Crippen LogP contribution in [0, 0.1) is 5.92 Å². The van der Waals surface area contributed by atoms with E-state index in [0.717, 1.165) is 25.7 Å². The predicted molar refractivity (Wildman–Crippen MR) is 65.8 cm³/mol. The highest BCUT2D eigenvalue weighted by molar-refractivity contribution is 4.90. The molecule has 2 rings (SSSR count). The molecule has 0 bridgehead atoms. The first-order valence-corrected chi connectivity index (χ1v) is 6.43. The van der Waals surface area contributed by atoms with Gasteiger partial charge in [0.25, 0.3) is 0 Å². The van der Waals surface area contributed by atoms with E-state index in [9.17, 15) is 9.90 Å². The minimum absolute atomic E-state index is 0.111. The Morgan fingerprint density at radius 1 is 1.53 bits per heavy atom. The molecule has 94 valence electrons. The zero-order valence-electron chi connectivity index (χ0n) is 10.2. The molecular weight excluding hydrogens is 216 g/mol. The van der Waals surface area contributed by atoms with Gasteiger partial charge in [0, 0.05) is 18.4 Å². The van der Waals surface area contributed by atoms with E-state index in [1.165, 1.54) is 6.20 Å². The quantitative estimate of drug-likeness (QED) is 0.869. The molecular formula is C13H20N2O2. The average molecular weight is 236 g/mol. The summed E-state index contributed by atoms with van der Waals surface area (Å²) < 4.78 is 1.70. The molecule has 1 aromatic heterocycles. The van der Waals surface area contributed by atoms with Crippen molar-refractivity contribution in [3.8, 4) is 0 Å². The topological polar surface area (TPSA) is 55.1 Å². The molecule has 4 heteroatoms. The summed E-state index contributed by atoms with van der Waals surface area (Å²) in [6, 6.07) is 1.89. The third kappa shape index (κ3) is 2.75. The van der Waals surface area contributed by atoms with Crippen LogP contribution in [0.4, 0.5) is 0 Å². The predicted octanol–water partition coefficient (Wildman–Crippen LogP) is 1.75. The second-order valence-electron chi connectivity index (χ2n) is 4.89. The molecule has 0 aliphatic heterocycles. The normalized spacial score (nSPS) is 29.2. The molecule has 1 aliphatic carbocycles. The van der Waals surface area contributed by atoms with Crippen LogP contribution in [-0.4, -0.2) is 20.8 Å². The van der Waals surface area contributed by atoms with Gasteiger partial charge in [-0.1, -0.05) is 13.3 Å². The van der Waals surface area contributed by atoms with Crippen LogP contribution in [0.5, 0.6) is 0 Å². The summed E-state index contributed by atoms with van der Waals surface area (Å²) in [5.74, 6) is 0.491. The highest BCUT2D eigenvalue weighted by Gasteiger charge is 2.30. The SMILES string of the molecule is CCCC1CCC(O)CC1n1cccnc1=O. The molecule has 3 atom stereocenters. The molecule has 3 unspecified atom stereocenters. The lowest BCUT2D eigenvalue weighted by molar-refractivity contribution is 0.0677. The number of hydrogen-bond acceptors (Lipinski definition) is 3. The van der Waals surface area contributed by atoms with E-state index in [1.54, 1.807) is 16.8 Å². The van der Waals surface area contributed by atoms with Crippen LogP contribution in [0.25, 0.3) is 0 Å². The maximum absolute atomic E-state index is 11.7. The van der Waals surface area contributed by atoms with Gasteiger partial charge < -0.3 is 5.11 Å². The first-order chi connectivity index (χ1) is 8.22. The monoisotopic (exact) mass is 236 g/mol. The fraction of sp³-hybridized carbons (Fsp3) is 0.692. The summed E-state index contributed by atoms with van der Waals surface area (Å²) in [6.07, 6.45) is 7.80. The van der Waals surface area contributed by atoms with Crippen molar-refractivity contribution in [2.45, 2.75) is 51.2 Å². The summed E-state index contributed by atoms with van der Waals surface area (Å²) in [6.45, 7) is 2.16. The summed E-state index contributed by atoms with van der Waals surface area (Å²) in [4.78, 5) is 15.5. The van der Waals surface area contributed by atoms with E-state index in [0.29, 0.717) is 12.3 Å². The number of nitrogens with zero attached hydrogens (tertiary/aromatic N) is 2. The van der Waals surface area contributed by atoms with Crippen LogP contribution >= 0.6 is 0 Å². The third-order valence-electron chi connectivity index (χ3n) is 3.68. The van der Waals surface area contributed by atoms with Gasteiger partial charge in [0.2, 0.25) is 0 Å². The number of aromatic nitrogens is 2. The Bertz CT molecular complexity index is 416. The molecule has 4 nitrogen and oxygen atoms in total. The summed E-state index contributed by atoms with van der Waals surface area (Å²) in [7, 11) is 0. The van der Waals surface area contributed by atoms with E-state index < -0.39 is 0 Å². The van der Waals surface area contributed by atoms with Gasteiger partial charge in [0.05, 0.1) is 6.10 Å². The fourth-order valence-corrected chi connectivity index (χ4v) is 2.86. The Balaban J connectivity index is 2.26. The number of aliphatic hydroxyl groups excluding tert-OH is 1. The maximum atomic E-state index is 11.7. The van der Waals surface area contributed by atoms with Gasteiger partial charge in [0.15, 0.2) is 0 Å². The van der Waals surface area contributed by atoms with Crippen molar-refractivity contribution in [2.24, 2.45) is 5.92 Å². The van der Waals surface area contributed by atoms with Crippen LogP contribution in [0.1, 0.15) is 45.1 Å². The second-order valence-corrected chi connectivity index (χ2v) is 4.89. The summed E-state index contributed by atoms with van der Waals surface area (Å²) in [5.41, 5.74) is -0.201. The smallest absolute Gasteiger partial charge is 0.347 e. The second kappa shape index (κ2) is 5.45. The third-order valence-corrected chi connectivity index (χ3v) is 3.68. The standard InChI is InChI=1S/C13H20N2O2/c1-2-4-10-5-6-11(16)9-12(10)15-8-3-7-14-13(15)17/h3,7-8,10-12,16H,2,4-6,9H2,1H3. The molecule has 1 heterocycles. The lowest BCUT2D eigenvalue weighted by Crippen LogP contribution is -2.36. The van der Waals surface area contributed by atoms with Crippen LogP contribution in [0.2, 0.25) is 0 Å². The van der Waals surface area contributed by atoms with Crippen molar-refractivity contribution in [2.75, 3.05) is 0 Å². The maximum Gasteiger partial charge on any atom is 0.347 e.